The van der Waals surface area contributed by atoms with E-state index in [4.69, 9.17) is 4.74 Å². The van der Waals surface area contributed by atoms with Crippen LogP contribution in [0.15, 0.2) is 46.8 Å². The van der Waals surface area contributed by atoms with E-state index >= 15 is 0 Å². The molecular formula is C20H18N4O6S. The van der Waals surface area contributed by atoms with Crippen LogP contribution in [-0.2, 0) is 9.53 Å². The normalized spacial score (nSPS) is 11.9. The molecule has 0 fully saturated rings. The van der Waals surface area contributed by atoms with Gasteiger partial charge in [-0.05, 0) is 32.9 Å². The number of aliphatic imine (C=N–C) groups is 1. The quantitative estimate of drug-likeness (QED) is 0.329. The van der Waals surface area contributed by atoms with Crippen LogP contribution in [0.2, 0.25) is 0 Å². The van der Waals surface area contributed by atoms with Crippen LogP contribution >= 0.6 is 11.3 Å². The van der Waals surface area contributed by atoms with Crippen LogP contribution < -0.4 is 5.32 Å². The number of nitro benzene ring substituents is 1. The number of aliphatic carboxylic acids is 1. The zero-order valence-corrected chi connectivity index (χ0v) is 17.6. The molecule has 0 radical (unpaired) electrons. The first-order valence-electron chi connectivity index (χ1n) is 8.99. The van der Waals surface area contributed by atoms with E-state index in [9.17, 15) is 24.8 Å². The number of fused-ring (bicyclic) bond motifs is 1. The molecule has 3 rings (SSSR count). The number of hydrogen-bond acceptors (Lipinski definition) is 8. The second kappa shape index (κ2) is 8.48. The Hall–Kier alpha value is -3.86. The highest BCUT2D eigenvalue weighted by Crippen LogP contribution is 2.33. The molecular weight excluding hydrogens is 424 g/mol. The highest BCUT2D eigenvalue weighted by Gasteiger charge is 2.21. The zero-order valence-electron chi connectivity index (χ0n) is 16.8. The Morgan fingerprint density at radius 2 is 1.87 bits per heavy atom. The molecule has 2 N–H and O–H groups in total. The van der Waals surface area contributed by atoms with Gasteiger partial charge < -0.3 is 9.84 Å². The summed E-state index contributed by atoms with van der Waals surface area (Å²) in [5, 5.41) is 25.7. The van der Waals surface area contributed by atoms with E-state index in [1.807, 2.05) is 0 Å². The maximum Gasteiger partial charge on any atom is 0.413 e. The molecule has 0 spiro atoms. The van der Waals surface area contributed by atoms with Crippen molar-refractivity contribution in [1.29, 1.82) is 0 Å². The highest BCUT2D eigenvalue weighted by atomic mass is 32.1. The largest absolute Gasteiger partial charge is 0.476 e. The third-order valence-electron chi connectivity index (χ3n) is 3.86. The third kappa shape index (κ3) is 5.20. The summed E-state index contributed by atoms with van der Waals surface area (Å²) >= 11 is 1.01. The lowest BCUT2D eigenvalue weighted by atomic mass is 10.1. The SMILES string of the molecule is CC(C)(C)OC(=O)Nc1nc(C(=Nc2ccc([N+](=O)[O-])c3ccccc23)C(=O)O)cs1. The maximum atomic E-state index is 11.9. The van der Waals surface area contributed by atoms with Gasteiger partial charge in [-0.3, -0.25) is 15.4 Å². The number of non-ortho nitro benzene ring substituents is 1. The summed E-state index contributed by atoms with van der Waals surface area (Å²) in [7, 11) is 0. The number of carbonyl (C=O) groups excluding carboxylic acids is 1. The molecule has 0 saturated heterocycles. The molecule has 0 aliphatic carbocycles. The van der Waals surface area contributed by atoms with Crippen molar-refractivity contribution in [1.82, 2.24) is 4.98 Å². The van der Waals surface area contributed by atoms with Gasteiger partial charge in [0.2, 0.25) is 0 Å². The van der Waals surface area contributed by atoms with E-state index in [1.165, 1.54) is 17.5 Å². The number of thiazole rings is 1. The molecule has 31 heavy (non-hydrogen) atoms. The molecule has 0 aliphatic heterocycles. The summed E-state index contributed by atoms with van der Waals surface area (Å²) in [5.74, 6) is -1.34. The average Bonchev–Trinajstić information content (AvgIpc) is 3.11. The van der Waals surface area contributed by atoms with Crippen LogP contribution in [0.4, 0.5) is 21.3 Å². The summed E-state index contributed by atoms with van der Waals surface area (Å²) in [4.78, 5) is 42.8. The molecule has 0 aliphatic rings. The topological polar surface area (TPSA) is 144 Å². The van der Waals surface area contributed by atoms with Gasteiger partial charge in [-0.2, -0.15) is 0 Å². The minimum absolute atomic E-state index is 0.0333. The van der Waals surface area contributed by atoms with Gasteiger partial charge in [-0.1, -0.05) is 18.2 Å². The second-order valence-electron chi connectivity index (χ2n) is 7.34. The number of anilines is 1. The average molecular weight is 442 g/mol. The van der Waals surface area contributed by atoms with Crippen molar-refractivity contribution >= 4 is 56.4 Å². The Bertz CT molecular complexity index is 1210. The van der Waals surface area contributed by atoms with Gasteiger partial charge in [0.25, 0.3) is 5.69 Å². The number of hydrogen-bond donors (Lipinski definition) is 2. The van der Waals surface area contributed by atoms with Gasteiger partial charge in [-0.25, -0.2) is 19.6 Å². The Labute approximate surface area is 180 Å². The van der Waals surface area contributed by atoms with Crippen LogP contribution in [-0.4, -0.2) is 38.4 Å². The molecule has 11 heteroatoms. The first-order chi connectivity index (χ1) is 14.5. The standard InChI is InChI=1S/C20H18N4O6S/c1-20(2,3)30-19(27)23-18-22-14(10-31-18)16(17(25)26)21-13-8-9-15(24(28)29)12-7-5-4-6-11(12)13/h4-10H,1-3H3,(H,25,26)(H,22,23,27). The lowest BCUT2D eigenvalue weighted by molar-refractivity contribution is -0.383. The van der Waals surface area contributed by atoms with Crippen molar-refractivity contribution in [3.63, 3.8) is 0 Å². The van der Waals surface area contributed by atoms with E-state index < -0.39 is 22.6 Å². The second-order valence-corrected chi connectivity index (χ2v) is 8.19. The van der Waals surface area contributed by atoms with Crippen LogP contribution in [0.3, 0.4) is 0 Å². The first kappa shape index (κ1) is 21.8. The number of benzene rings is 2. The number of nitrogens with one attached hydrogen (secondary N) is 1. The number of rotatable bonds is 5. The molecule has 1 aromatic heterocycles. The summed E-state index contributed by atoms with van der Waals surface area (Å²) in [6.45, 7) is 5.14. The van der Waals surface area contributed by atoms with Gasteiger partial charge in [0, 0.05) is 16.8 Å². The lowest BCUT2D eigenvalue weighted by Crippen LogP contribution is -2.27. The van der Waals surface area contributed by atoms with Gasteiger partial charge in [0.1, 0.15) is 11.3 Å². The third-order valence-corrected chi connectivity index (χ3v) is 4.62. The van der Waals surface area contributed by atoms with Crippen LogP contribution in [0.25, 0.3) is 10.8 Å². The highest BCUT2D eigenvalue weighted by molar-refractivity contribution is 7.14. The van der Waals surface area contributed by atoms with E-state index in [0.717, 1.165) is 11.3 Å². The Kier molecular flexibility index (Phi) is 5.97. The fourth-order valence-electron chi connectivity index (χ4n) is 2.69. The van der Waals surface area contributed by atoms with Crippen LogP contribution in [0.5, 0.6) is 0 Å². The van der Waals surface area contributed by atoms with Gasteiger partial charge >= 0.3 is 12.1 Å². The summed E-state index contributed by atoms with van der Waals surface area (Å²) in [6.07, 6.45) is -0.719. The lowest BCUT2D eigenvalue weighted by Gasteiger charge is -2.18. The minimum Gasteiger partial charge on any atom is -0.476 e. The number of ether oxygens (including phenoxy) is 1. The number of carbonyl (C=O) groups is 2. The molecule has 0 atom stereocenters. The summed E-state index contributed by atoms with van der Waals surface area (Å²) in [6, 6.07) is 9.18. The number of amides is 1. The zero-order chi connectivity index (χ0) is 22.8. The van der Waals surface area contributed by atoms with Gasteiger partial charge in [0.15, 0.2) is 10.8 Å². The molecule has 1 amide bonds. The van der Waals surface area contributed by atoms with Gasteiger partial charge in [-0.15, -0.1) is 11.3 Å². The monoisotopic (exact) mass is 442 g/mol. The van der Waals surface area contributed by atoms with Crippen molar-refractivity contribution in [3.05, 3.63) is 57.6 Å². The fourth-order valence-corrected chi connectivity index (χ4v) is 3.37. The van der Waals surface area contributed by atoms with Crippen molar-refractivity contribution in [2.45, 2.75) is 26.4 Å². The van der Waals surface area contributed by atoms with Crippen molar-refractivity contribution in [3.8, 4) is 0 Å². The molecule has 1 heterocycles. The van der Waals surface area contributed by atoms with E-state index in [1.54, 1.807) is 45.0 Å². The molecule has 10 nitrogen and oxygen atoms in total. The van der Waals surface area contributed by atoms with E-state index in [2.05, 4.69) is 15.3 Å². The maximum absolute atomic E-state index is 11.9. The van der Waals surface area contributed by atoms with Crippen LogP contribution in [0.1, 0.15) is 26.5 Å². The Morgan fingerprint density at radius 3 is 2.48 bits per heavy atom. The first-order valence-corrected chi connectivity index (χ1v) is 9.87. The van der Waals surface area contributed by atoms with Gasteiger partial charge in [0.05, 0.1) is 16.0 Å². The molecule has 0 saturated carbocycles. The Morgan fingerprint density at radius 1 is 1.19 bits per heavy atom. The molecule has 160 valence electrons. The van der Waals surface area contributed by atoms with E-state index in [-0.39, 0.29) is 27.9 Å². The molecule has 2 aromatic carbocycles. The fraction of sp³-hybridized carbons (Fsp3) is 0.200. The molecule has 0 bridgehead atoms. The smallest absolute Gasteiger partial charge is 0.413 e. The number of carboxylic acid groups (broad SMARTS) is 1. The predicted octanol–water partition coefficient (Wildman–Crippen LogP) is 4.76. The minimum atomic E-state index is -1.34. The number of aromatic nitrogens is 1. The van der Waals surface area contributed by atoms with Crippen molar-refractivity contribution in [2.24, 2.45) is 4.99 Å². The Balaban J connectivity index is 1.98. The van der Waals surface area contributed by atoms with Crippen LogP contribution in [0, 0.1) is 10.1 Å². The van der Waals surface area contributed by atoms with E-state index in [0.29, 0.717) is 10.8 Å². The number of nitro groups is 1. The van der Waals surface area contributed by atoms with Crippen molar-refractivity contribution < 1.29 is 24.4 Å². The molecule has 3 aromatic rings. The van der Waals surface area contributed by atoms with Crippen molar-refractivity contribution in [2.75, 3.05) is 5.32 Å². The predicted molar refractivity (Wildman–Crippen MR) is 116 cm³/mol. The summed E-state index contributed by atoms with van der Waals surface area (Å²) in [5.41, 5.74) is -0.898. The number of carboxylic acids is 1. The summed E-state index contributed by atoms with van der Waals surface area (Å²) < 4.78 is 5.15. The number of nitrogens with zero attached hydrogens (tertiary/aromatic N) is 3. The molecule has 0 unspecified atom stereocenters.